The summed E-state index contributed by atoms with van der Waals surface area (Å²) in [4.78, 5) is 10.4. The van der Waals surface area contributed by atoms with E-state index >= 15 is 0 Å². The van der Waals surface area contributed by atoms with Crippen molar-refractivity contribution in [2.75, 3.05) is 11.9 Å². The maximum absolute atomic E-state index is 10.7. The first-order valence-corrected chi connectivity index (χ1v) is 6.05. The first-order chi connectivity index (χ1) is 9.06. The quantitative estimate of drug-likeness (QED) is 0.661. The highest BCUT2D eigenvalue weighted by Crippen LogP contribution is 2.22. The Morgan fingerprint density at radius 1 is 1.32 bits per heavy atom. The number of hydrogen-bond acceptors (Lipinski definition) is 4. The molecule has 0 radical (unpaired) electrons. The lowest BCUT2D eigenvalue weighted by Gasteiger charge is -2.15. The summed E-state index contributed by atoms with van der Waals surface area (Å²) in [7, 11) is 0. The number of benzene rings is 1. The van der Waals surface area contributed by atoms with Crippen molar-refractivity contribution in [1.29, 1.82) is 0 Å². The minimum absolute atomic E-state index is 0.222. The van der Waals surface area contributed by atoms with Crippen molar-refractivity contribution in [3.63, 3.8) is 0 Å². The van der Waals surface area contributed by atoms with Gasteiger partial charge in [0.05, 0.1) is 6.26 Å². The van der Waals surface area contributed by atoms with Crippen LogP contribution in [0.4, 0.5) is 5.69 Å². The van der Waals surface area contributed by atoms with Crippen LogP contribution in [0.25, 0.3) is 0 Å². The van der Waals surface area contributed by atoms with Crippen LogP contribution in [-0.2, 0) is 0 Å². The van der Waals surface area contributed by atoms with E-state index in [4.69, 9.17) is 4.42 Å². The molecular formula is C14H16N2O3. The van der Waals surface area contributed by atoms with Crippen molar-refractivity contribution in [3.8, 4) is 0 Å². The van der Waals surface area contributed by atoms with Gasteiger partial charge in [0.2, 0.25) is 6.54 Å². The number of nitrogens with one attached hydrogen (secondary N) is 1. The molecule has 0 bridgehead atoms. The Bertz CT molecular complexity index is 564. The summed E-state index contributed by atoms with van der Waals surface area (Å²) in [5.41, 5.74) is 3.19. The zero-order valence-electron chi connectivity index (χ0n) is 10.9. The fourth-order valence-electron chi connectivity index (χ4n) is 1.88. The van der Waals surface area contributed by atoms with Gasteiger partial charge in [-0.15, -0.1) is 0 Å². The lowest BCUT2D eigenvalue weighted by molar-refractivity contribution is -0.482. The number of anilines is 1. The van der Waals surface area contributed by atoms with Gasteiger partial charge in [-0.25, -0.2) is 0 Å². The van der Waals surface area contributed by atoms with Gasteiger partial charge in [0.1, 0.15) is 11.8 Å². The molecule has 1 aromatic carbocycles. The Hall–Kier alpha value is -2.30. The molecule has 0 aliphatic heterocycles. The molecule has 0 fully saturated rings. The first-order valence-electron chi connectivity index (χ1n) is 6.05. The average molecular weight is 260 g/mol. The fourth-order valence-corrected chi connectivity index (χ4v) is 1.88. The summed E-state index contributed by atoms with van der Waals surface area (Å²) >= 11 is 0. The van der Waals surface area contributed by atoms with E-state index in [2.05, 4.69) is 5.32 Å². The number of rotatable bonds is 5. The van der Waals surface area contributed by atoms with Crippen molar-refractivity contribution in [3.05, 3.63) is 63.6 Å². The molecule has 0 aliphatic carbocycles. The van der Waals surface area contributed by atoms with Crippen LogP contribution < -0.4 is 5.32 Å². The second-order valence-corrected chi connectivity index (χ2v) is 4.53. The molecular weight excluding hydrogens is 244 g/mol. The van der Waals surface area contributed by atoms with Gasteiger partial charge in [0.15, 0.2) is 0 Å². The standard InChI is InChI=1S/C14H16N2O3/c1-10-5-6-12(8-11(10)2)15-13(9-16(17)18)14-4-3-7-19-14/h3-8,13,15H,9H2,1-2H3. The van der Waals surface area contributed by atoms with E-state index < -0.39 is 6.04 Å². The minimum atomic E-state index is -0.466. The SMILES string of the molecule is Cc1ccc(NC(C[N+](=O)[O-])c2ccco2)cc1C. The molecule has 19 heavy (non-hydrogen) atoms. The Kier molecular flexibility index (Phi) is 3.85. The highest BCUT2D eigenvalue weighted by atomic mass is 16.6. The van der Waals surface area contributed by atoms with Gasteiger partial charge in [-0.2, -0.15) is 0 Å². The minimum Gasteiger partial charge on any atom is -0.467 e. The summed E-state index contributed by atoms with van der Waals surface area (Å²) in [5.74, 6) is 0.565. The molecule has 0 saturated carbocycles. The third-order valence-electron chi connectivity index (χ3n) is 3.07. The van der Waals surface area contributed by atoms with Crippen LogP contribution in [0.1, 0.15) is 22.9 Å². The molecule has 1 unspecified atom stereocenters. The Labute approximate surface area is 111 Å². The molecule has 1 atom stereocenters. The van der Waals surface area contributed by atoms with Crippen LogP contribution in [0, 0.1) is 24.0 Å². The van der Waals surface area contributed by atoms with E-state index in [9.17, 15) is 10.1 Å². The van der Waals surface area contributed by atoms with Crippen molar-refractivity contribution in [2.45, 2.75) is 19.9 Å². The number of furan rings is 1. The second kappa shape index (κ2) is 5.56. The van der Waals surface area contributed by atoms with E-state index in [1.807, 2.05) is 32.0 Å². The molecule has 100 valence electrons. The molecule has 1 N–H and O–H groups in total. The van der Waals surface area contributed by atoms with Crippen LogP contribution in [0.5, 0.6) is 0 Å². The van der Waals surface area contributed by atoms with Crippen molar-refractivity contribution in [2.24, 2.45) is 0 Å². The molecule has 2 rings (SSSR count). The summed E-state index contributed by atoms with van der Waals surface area (Å²) in [5, 5.41) is 13.9. The molecule has 1 aromatic heterocycles. The fraction of sp³-hybridized carbons (Fsp3) is 0.286. The number of hydrogen-bond donors (Lipinski definition) is 1. The Morgan fingerprint density at radius 3 is 2.68 bits per heavy atom. The number of aryl methyl sites for hydroxylation is 2. The molecule has 2 aromatic rings. The Balaban J connectivity index is 2.20. The predicted molar refractivity (Wildman–Crippen MR) is 72.8 cm³/mol. The summed E-state index contributed by atoms with van der Waals surface area (Å²) < 4.78 is 5.26. The van der Waals surface area contributed by atoms with Gasteiger partial charge in [-0.05, 0) is 49.2 Å². The van der Waals surface area contributed by atoms with Crippen LogP contribution in [0.15, 0.2) is 41.0 Å². The maximum atomic E-state index is 10.7. The van der Waals surface area contributed by atoms with Crippen LogP contribution in [0.2, 0.25) is 0 Å². The Morgan fingerprint density at radius 2 is 2.11 bits per heavy atom. The van der Waals surface area contributed by atoms with E-state index in [0.29, 0.717) is 5.76 Å². The molecule has 0 spiro atoms. The molecule has 0 amide bonds. The van der Waals surface area contributed by atoms with Crippen LogP contribution in [-0.4, -0.2) is 11.5 Å². The van der Waals surface area contributed by atoms with E-state index in [0.717, 1.165) is 11.3 Å². The molecule has 0 aliphatic rings. The van der Waals surface area contributed by atoms with Gasteiger partial charge in [-0.1, -0.05) is 6.07 Å². The zero-order chi connectivity index (χ0) is 13.8. The third-order valence-corrected chi connectivity index (χ3v) is 3.07. The molecule has 5 nitrogen and oxygen atoms in total. The predicted octanol–water partition coefficient (Wildman–Crippen LogP) is 3.33. The number of nitro groups is 1. The lowest BCUT2D eigenvalue weighted by Crippen LogP contribution is -2.19. The van der Waals surface area contributed by atoms with Crippen molar-refractivity contribution < 1.29 is 9.34 Å². The van der Waals surface area contributed by atoms with Gasteiger partial charge in [-0.3, -0.25) is 10.1 Å². The average Bonchev–Trinajstić information content (AvgIpc) is 2.86. The summed E-state index contributed by atoms with van der Waals surface area (Å²) in [6.07, 6.45) is 1.52. The van der Waals surface area contributed by atoms with Crippen molar-refractivity contribution >= 4 is 5.69 Å². The van der Waals surface area contributed by atoms with E-state index in [1.165, 1.54) is 11.8 Å². The normalized spacial score (nSPS) is 12.1. The smallest absolute Gasteiger partial charge is 0.231 e. The monoisotopic (exact) mass is 260 g/mol. The summed E-state index contributed by atoms with van der Waals surface area (Å²) in [6, 6.07) is 8.88. The van der Waals surface area contributed by atoms with Crippen LogP contribution >= 0.6 is 0 Å². The zero-order valence-corrected chi connectivity index (χ0v) is 10.9. The largest absolute Gasteiger partial charge is 0.467 e. The van der Waals surface area contributed by atoms with Gasteiger partial charge in [0.25, 0.3) is 0 Å². The number of nitrogens with zero attached hydrogens (tertiary/aromatic N) is 1. The van der Waals surface area contributed by atoms with E-state index in [-0.39, 0.29) is 11.5 Å². The van der Waals surface area contributed by atoms with Crippen LogP contribution in [0.3, 0.4) is 0 Å². The molecule has 1 heterocycles. The topological polar surface area (TPSA) is 68.3 Å². The maximum Gasteiger partial charge on any atom is 0.231 e. The third kappa shape index (κ3) is 3.34. The highest BCUT2D eigenvalue weighted by Gasteiger charge is 2.20. The molecule has 0 saturated heterocycles. The van der Waals surface area contributed by atoms with Gasteiger partial charge in [0, 0.05) is 10.6 Å². The summed E-state index contributed by atoms with van der Waals surface area (Å²) in [6.45, 7) is 3.82. The van der Waals surface area contributed by atoms with Gasteiger partial charge >= 0.3 is 0 Å². The van der Waals surface area contributed by atoms with Crippen molar-refractivity contribution in [1.82, 2.24) is 0 Å². The highest BCUT2D eigenvalue weighted by molar-refractivity contribution is 5.49. The lowest BCUT2D eigenvalue weighted by atomic mass is 10.1. The van der Waals surface area contributed by atoms with E-state index in [1.54, 1.807) is 12.1 Å². The second-order valence-electron chi connectivity index (χ2n) is 4.53. The molecule has 5 heteroatoms. The first kappa shape index (κ1) is 13.1. The van der Waals surface area contributed by atoms with Gasteiger partial charge < -0.3 is 9.73 Å².